The molecule has 0 aliphatic carbocycles. The summed E-state index contributed by atoms with van der Waals surface area (Å²) < 4.78 is 4.23. The van der Waals surface area contributed by atoms with Crippen molar-refractivity contribution in [1.29, 1.82) is 0 Å². The van der Waals surface area contributed by atoms with Gasteiger partial charge >= 0.3 is 11.9 Å². The molecular formula is C8H12O4. The minimum absolute atomic E-state index is 0.296. The Hall–Kier alpha value is -1.13. The Morgan fingerprint density at radius 3 is 2.42 bits per heavy atom. The van der Waals surface area contributed by atoms with Crippen molar-refractivity contribution in [3.05, 3.63) is 24.3 Å². The fraction of sp³-hybridized carbons (Fsp3) is 0.375. The second-order valence-electron chi connectivity index (χ2n) is 2.22. The van der Waals surface area contributed by atoms with Crippen LogP contribution in [-0.4, -0.2) is 22.2 Å². The fourth-order valence-electron chi connectivity index (χ4n) is 0.376. The molecule has 0 aromatic carbocycles. The zero-order valence-corrected chi connectivity index (χ0v) is 7.07. The van der Waals surface area contributed by atoms with E-state index in [2.05, 4.69) is 11.3 Å². The van der Waals surface area contributed by atoms with Gasteiger partial charge in [-0.05, 0) is 13.8 Å². The molecule has 4 heteroatoms. The minimum Gasteiger partial charge on any atom is -0.401 e. The molecule has 0 saturated heterocycles. The molecule has 0 aliphatic heterocycles. The lowest BCUT2D eigenvalue weighted by atomic mass is 10.3. The van der Waals surface area contributed by atoms with Crippen LogP contribution in [0.2, 0.25) is 0 Å². The molecule has 0 unspecified atom stereocenters. The van der Waals surface area contributed by atoms with E-state index in [-0.39, 0.29) is 0 Å². The fourth-order valence-corrected chi connectivity index (χ4v) is 0.376. The summed E-state index contributed by atoms with van der Waals surface area (Å²) in [5.74, 6) is -3.37. The summed E-state index contributed by atoms with van der Waals surface area (Å²) in [6, 6.07) is 0. The maximum absolute atomic E-state index is 10.9. The minimum atomic E-state index is -2.58. The summed E-state index contributed by atoms with van der Waals surface area (Å²) in [6.45, 7) is 6.22. The second kappa shape index (κ2) is 4.04. The quantitative estimate of drug-likeness (QED) is 0.278. The van der Waals surface area contributed by atoms with E-state index in [0.29, 0.717) is 11.6 Å². The average molecular weight is 172 g/mol. The standard InChI is InChI=1S/C8H12O4/c1-4-6(3)7(9)12-8(10,11)5-2/h4-5,10-11H,2H2,1,3H3. The van der Waals surface area contributed by atoms with E-state index in [4.69, 9.17) is 10.2 Å². The van der Waals surface area contributed by atoms with Crippen LogP contribution in [0.5, 0.6) is 0 Å². The van der Waals surface area contributed by atoms with Crippen LogP contribution in [0.3, 0.4) is 0 Å². The smallest absolute Gasteiger partial charge is 0.346 e. The van der Waals surface area contributed by atoms with E-state index in [9.17, 15) is 4.79 Å². The van der Waals surface area contributed by atoms with Crippen molar-refractivity contribution in [1.82, 2.24) is 0 Å². The molecule has 0 saturated carbocycles. The maximum atomic E-state index is 10.9. The maximum Gasteiger partial charge on any atom is 0.346 e. The lowest BCUT2D eigenvalue weighted by Crippen LogP contribution is -2.32. The third-order valence-electron chi connectivity index (χ3n) is 1.26. The SMILES string of the molecule is C=CC(O)(O)OC(=O)C(C)=CC. The Morgan fingerprint density at radius 2 is 2.08 bits per heavy atom. The predicted molar refractivity (Wildman–Crippen MR) is 42.9 cm³/mol. The van der Waals surface area contributed by atoms with Gasteiger partial charge < -0.3 is 14.9 Å². The van der Waals surface area contributed by atoms with Crippen LogP contribution in [0.15, 0.2) is 24.3 Å². The van der Waals surface area contributed by atoms with E-state index in [1.54, 1.807) is 6.92 Å². The summed E-state index contributed by atoms with van der Waals surface area (Å²) in [4.78, 5) is 10.9. The molecule has 68 valence electrons. The van der Waals surface area contributed by atoms with Crippen LogP contribution in [0.4, 0.5) is 0 Å². The van der Waals surface area contributed by atoms with Crippen LogP contribution in [0.1, 0.15) is 13.8 Å². The molecule has 0 rings (SSSR count). The lowest BCUT2D eigenvalue weighted by molar-refractivity contribution is -0.284. The largest absolute Gasteiger partial charge is 0.401 e. The predicted octanol–water partition coefficient (Wildman–Crippen LogP) is 0.320. The molecule has 0 aromatic rings. The number of carbonyl (C=O) groups excluding carboxylic acids is 1. The Kier molecular flexibility index (Phi) is 3.66. The van der Waals surface area contributed by atoms with Gasteiger partial charge in [-0.25, -0.2) is 4.79 Å². The molecular weight excluding hydrogens is 160 g/mol. The molecule has 12 heavy (non-hydrogen) atoms. The summed E-state index contributed by atoms with van der Waals surface area (Å²) in [5.41, 5.74) is 0.296. The number of hydrogen-bond acceptors (Lipinski definition) is 4. The van der Waals surface area contributed by atoms with Crippen molar-refractivity contribution in [2.75, 3.05) is 0 Å². The number of rotatable bonds is 3. The summed E-state index contributed by atoms with van der Waals surface area (Å²) in [7, 11) is 0. The Morgan fingerprint density at radius 1 is 1.58 bits per heavy atom. The normalized spacial score (nSPS) is 12.5. The molecule has 0 heterocycles. The van der Waals surface area contributed by atoms with Gasteiger partial charge in [0, 0.05) is 11.6 Å². The van der Waals surface area contributed by atoms with Gasteiger partial charge in [-0.1, -0.05) is 12.7 Å². The Labute approximate surface area is 70.8 Å². The van der Waals surface area contributed by atoms with Crippen LogP contribution in [0.25, 0.3) is 0 Å². The first-order valence-electron chi connectivity index (χ1n) is 3.37. The Bertz CT molecular complexity index is 215. The molecule has 4 nitrogen and oxygen atoms in total. The number of hydrogen-bond donors (Lipinski definition) is 2. The summed E-state index contributed by atoms with van der Waals surface area (Å²) in [6.07, 6.45) is 2.22. The van der Waals surface area contributed by atoms with Crippen LogP contribution in [-0.2, 0) is 9.53 Å². The molecule has 0 bridgehead atoms. The molecule has 0 amide bonds. The number of carbonyl (C=O) groups is 1. The number of ether oxygens (including phenoxy) is 1. The first-order valence-corrected chi connectivity index (χ1v) is 3.37. The average Bonchev–Trinajstić information content (AvgIpc) is 2.02. The highest BCUT2D eigenvalue weighted by molar-refractivity contribution is 5.87. The number of esters is 1. The van der Waals surface area contributed by atoms with E-state index in [1.165, 1.54) is 13.0 Å². The molecule has 2 N–H and O–H groups in total. The van der Waals surface area contributed by atoms with E-state index < -0.39 is 11.9 Å². The zero-order valence-electron chi connectivity index (χ0n) is 7.07. The first-order chi connectivity index (χ1) is 5.43. The number of allylic oxidation sites excluding steroid dienone is 1. The summed E-state index contributed by atoms with van der Waals surface area (Å²) >= 11 is 0. The highest BCUT2D eigenvalue weighted by Gasteiger charge is 2.24. The van der Waals surface area contributed by atoms with Crippen molar-refractivity contribution in [3.63, 3.8) is 0 Å². The molecule has 0 aliphatic rings. The molecule has 0 atom stereocenters. The van der Waals surface area contributed by atoms with Gasteiger partial charge in [-0.2, -0.15) is 0 Å². The number of aliphatic hydroxyl groups is 2. The van der Waals surface area contributed by atoms with Gasteiger partial charge in [0.25, 0.3) is 0 Å². The van der Waals surface area contributed by atoms with Crippen molar-refractivity contribution in [2.24, 2.45) is 0 Å². The van der Waals surface area contributed by atoms with Crippen LogP contribution >= 0.6 is 0 Å². The monoisotopic (exact) mass is 172 g/mol. The van der Waals surface area contributed by atoms with Crippen molar-refractivity contribution in [2.45, 2.75) is 19.8 Å². The van der Waals surface area contributed by atoms with Gasteiger partial charge in [0.05, 0.1) is 0 Å². The van der Waals surface area contributed by atoms with Crippen LogP contribution in [0, 0.1) is 0 Å². The van der Waals surface area contributed by atoms with Gasteiger partial charge in [0.15, 0.2) is 0 Å². The van der Waals surface area contributed by atoms with Gasteiger partial charge in [0.1, 0.15) is 0 Å². The highest BCUT2D eigenvalue weighted by Crippen LogP contribution is 2.07. The molecule has 0 aromatic heterocycles. The van der Waals surface area contributed by atoms with Crippen LogP contribution < -0.4 is 0 Å². The van der Waals surface area contributed by atoms with Crippen molar-refractivity contribution >= 4 is 5.97 Å². The molecule has 0 radical (unpaired) electrons. The second-order valence-corrected chi connectivity index (χ2v) is 2.22. The van der Waals surface area contributed by atoms with E-state index in [0.717, 1.165) is 0 Å². The highest BCUT2D eigenvalue weighted by atomic mass is 16.8. The lowest BCUT2D eigenvalue weighted by Gasteiger charge is -2.16. The van der Waals surface area contributed by atoms with E-state index in [1.807, 2.05) is 0 Å². The summed E-state index contributed by atoms with van der Waals surface area (Å²) in [5, 5.41) is 17.6. The van der Waals surface area contributed by atoms with Gasteiger partial charge in [-0.15, -0.1) is 0 Å². The third kappa shape index (κ3) is 3.32. The zero-order chi connectivity index (χ0) is 9.78. The molecule has 0 fully saturated rings. The topological polar surface area (TPSA) is 66.8 Å². The first kappa shape index (κ1) is 10.9. The van der Waals surface area contributed by atoms with Gasteiger partial charge in [-0.3, -0.25) is 0 Å². The van der Waals surface area contributed by atoms with E-state index >= 15 is 0 Å². The van der Waals surface area contributed by atoms with Crippen molar-refractivity contribution < 1.29 is 19.7 Å². The molecule has 0 spiro atoms. The Balaban J connectivity index is 4.29. The third-order valence-corrected chi connectivity index (χ3v) is 1.26. The van der Waals surface area contributed by atoms with Gasteiger partial charge in [0.2, 0.25) is 0 Å². The van der Waals surface area contributed by atoms with Crippen molar-refractivity contribution in [3.8, 4) is 0 Å².